The number of carbonyl (C=O) groups is 4. The van der Waals surface area contributed by atoms with Crippen LogP contribution in [0.15, 0.2) is 0 Å². The van der Waals surface area contributed by atoms with E-state index in [0.717, 1.165) is 0 Å². The maximum atomic E-state index is 12.4. The Hall–Kier alpha value is -2.20. The second-order valence-electron chi connectivity index (χ2n) is 6.96. The van der Waals surface area contributed by atoms with Crippen LogP contribution in [-0.4, -0.2) is 65.2 Å². The first-order valence-electron chi connectivity index (χ1n) is 9.00. The molecule has 3 amide bonds. The number of carboxylic acid groups (broad SMARTS) is 1. The summed E-state index contributed by atoms with van der Waals surface area (Å²) >= 11 is 0. The van der Waals surface area contributed by atoms with E-state index in [1.165, 1.54) is 0 Å². The van der Waals surface area contributed by atoms with Crippen LogP contribution >= 0.6 is 0 Å². The van der Waals surface area contributed by atoms with E-state index in [4.69, 9.17) is 10.8 Å². The number of hydrogen-bond donors (Lipinski definition) is 6. The fourth-order valence-electron chi connectivity index (χ4n) is 2.24. The van der Waals surface area contributed by atoms with Crippen molar-refractivity contribution in [3.05, 3.63) is 0 Å². The van der Waals surface area contributed by atoms with Gasteiger partial charge in [0.25, 0.3) is 0 Å². The number of hydrogen-bond acceptors (Lipinski definition) is 6. The van der Waals surface area contributed by atoms with E-state index >= 15 is 0 Å². The van der Waals surface area contributed by atoms with Gasteiger partial charge < -0.3 is 31.9 Å². The highest BCUT2D eigenvalue weighted by molar-refractivity contribution is 5.93. The maximum Gasteiger partial charge on any atom is 0.322 e. The summed E-state index contributed by atoms with van der Waals surface area (Å²) in [6.07, 6.45) is 0.931. The molecule has 0 heterocycles. The van der Waals surface area contributed by atoms with Crippen LogP contribution in [-0.2, 0) is 19.2 Å². The molecule has 0 aromatic carbocycles. The topological polar surface area (TPSA) is 171 Å². The van der Waals surface area contributed by atoms with Crippen molar-refractivity contribution in [3.8, 4) is 0 Å². The number of nitrogens with one attached hydrogen (secondary N) is 3. The minimum absolute atomic E-state index is 0.0341. The minimum Gasteiger partial charge on any atom is -0.480 e. The average molecular weight is 388 g/mol. The van der Waals surface area contributed by atoms with Crippen molar-refractivity contribution in [1.29, 1.82) is 0 Å². The summed E-state index contributed by atoms with van der Waals surface area (Å²) in [4.78, 5) is 47.2. The molecule has 0 fully saturated rings. The highest BCUT2D eigenvalue weighted by atomic mass is 16.4. The average Bonchev–Trinajstić information content (AvgIpc) is 2.61. The van der Waals surface area contributed by atoms with Gasteiger partial charge in [0, 0.05) is 0 Å². The Morgan fingerprint density at radius 1 is 0.963 bits per heavy atom. The zero-order valence-corrected chi connectivity index (χ0v) is 16.3. The summed E-state index contributed by atoms with van der Waals surface area (Å²) in [6, 6.07) is -3.09. The number of carboxylic acids is 1. The van der Waals surface area contributed by atoms with Crippen LogP contribution in [0.1, 0.15) is 40.5 Å². The largest absolute Gasteiger partial charge is 0.480 e. The quantitative estimate of drug-likeness (QED) is 0.238. The zero-order valence-electron chi connectivity index (χ0n) is 16.3. The van der Waals surface area contributed by atoms with Gasteiger partial charge >= 0.3 is 5.97 Å². The third-order valence-corrected chi connectivity index (χ3v) is 4.13. The highest BCUT2D eigenvalue weighted by Gasteiger charge is 2.29. The molecule has 0 saturated heterocycles. The molecule has 0 aromatic rings. The molecule has 0 aliphatic rings. The van der Waals surface area contributed by atoms with E-state index in [-0.39, 0.29) is 18.3 Å². The minimum atomic E-state index is -1.27. The van der Waals surface area contributed by atoms with Gasteiger partial charge in [-0.15, -0.1) is 0 Å². The summed E-state index contributed by atoms with van der Waals surface area (Å²) in [5.74, 6) is -3.27. The lowest BCUT2D eigenvalue weighted by Gasteiger charge is -2.25. The van der Waals surface area contributed by atoms with E-state index < -0.39 is 55.0 Å². The summed E-state index contributed by atoms with van der Waals surface area (Å²) in [5, 5.41) is 25.1. The number of aliphatic hydroxyl groups is 1. The van der Waals surface area contributed by atoms with Gasteiger partial charge in [-0.25, -0.2) is 0 Å². The number of rotatable bonds is 12. The fourth-order valence-corrected chi connectivity index (χ4v) is 2.24. The van der Waals surface area contributed by atoms with Crippen LogP contribution in [0.3, 0.4) is 0 Å². The molecule has 0 saturated carbocycles. The van der Waals surface area contributed by atoms with Gasteiger partial charge in [0.15, 0.2) is 0 Å². The number of aliphatic hydroxyl groups excluding tert-OH is 1. The smallest absolute Gasteiger partial charge is 0.322 e. The van der Waals surface area contributed by atoms with E-state index in [2.05, 4.69) is 16.0 Å². The van der Waals surface area contributed by atoms with E-state index in [9.17, 15) is 24.3 Å². The monoisotopic (exact) mass is 388 g/mol. The molecule has 10 nitrogen and oxygen atoms in total. The molecule has 4 unspecified atom stereocenters. The van der Waals surface area contributed by atoms with Gasteiger partial charge in [0.1, 0.15) is 18.6 Å². The Labute approximate surface area is 159 Å². The molecular weight excluding hydrogens is 356 g/mol. The summed E-state index contributed by atoms with van der Waals surface area (Å²) in [7, 11) is 0. The molecule has 10 heteroatoms. The predicted molar refractivity (Wildman–Crippen MR) is 98.5 cm³/mol. The maximum absolute atomic E-state index is 12.4. The second kappa shape index (κ2) is 12.2. The van der Waals surface area contributed by atoms with Gasteiger partial charge in [0.2, 0.25) is 17.7 Å². The molecule has 0 aliphatic carbocycles. The van der Waals surface area contributed by atoms with E-state index in [1.807, 2.05) is 20.8 Å². The SMILES string of the molecule is CCC(C)C(N)C(=O)NC(CO)C(=O)NC(CC(C)C)C(=O)NCC(=O)O. The Balaban J connectivity index is 5.01. The Bertz CT molecular complexity index is 526. The van der Waals surface area contributed by atoms with Crippen LogP contribution in [0, 0.1) is 11.8 Å². The van der Waals surface area contributed by atoms with Crippen molar-refractivity contribution < 1.29 is 29.4 Å². The molecule has 0 radical (unpaired) electrons. The van der Waals surface area contributed by atoms with Gasteiger partial charge in [-0.05, 0) is 18.3 Å². The highest BCUT2D eigenvalue weighted by Crippen LogP contribution is 2.07. The van der Waals surface area contributed by atoms with Crippen LogP contribution in [0.2, 0.25) is 0 Å². The molecule has 0 spiro atoms. The standard InChI is InChI=1S/C17H32N4O6/c1-5-10(4)14(18)17(27)21-12(8-22)16(26)20-11(6-9(2)3)15(25)19-7-13(23)24/h9-12,14,22H,5-8,18H2,1-4H3,(H,19,25)(H,20,26)(H,21,27)(H,23,24). The third-order valence-electron chi connectivity index (χ3n) is 4.13. The predicted octanol–water partition coefficient (Wildman–Crippen LogP) is -1.43. The van der Waals surface area contributed by atoms with Crippen LogP contribution in [0.5, 0.6) is 0 Å². The first-order valence-corrected chi connectivity index (χ1v) is 9.00. The van der Waals surface area contributed by atoms with Gasteiger partial charge in [-0.2, -0.15) is 0 Å². The number of amides is 3. The van der Waals surface area contributed by atoms with E-state index in [1.54, 1.807) is 6.92 Å². The summed E-state index contributed by atoms with van der Waals surface area (Å²) in [6.45, 7) is 6.09. The van der Waals surface area contributed by atoms with Crippen molar-refractivity contribution in [2.45, 2.75) is 58.7 Å². The summed E-state index contributed by atoms with van der Waals surface area (Å²) in [5.41, 5.74) is 5.81. The van der Waals surface area contributed by atoms with Crippen LogP contribution in [0.4, 0.5) is 0 Å². The van der Waals surface area contributed by atoms with Crippen molar-refractivity contribution in [3.63, 3.8) is 0 Å². The summed E-state index contributed by atoms with van der Waals surface area (Å²) < 4.78 is 0. The first kappa shape index (κ1) is 24.8. The molecule has 0 rings (SSSR count). The Morgan fingerprint density at radius 2 is 1.52 bits per heavy atom. The lowest BCUT2D eigenvalue weighted by Crippen LogP contribution is -2.58. The fraction of sp³-hybridized carbons (Fsp3) is 0.765. The molecule has 156 valence electrons. The van der Waals surface area contributed by atoms with Crippen molar-refractivity contribution in [2.24, 2.45) is 17.6 Å². The van der Waals surface area contributed by atoms with Crippen LogP contribution in [0.25, 0.3) is 0 Å². The molecule has 7 N–H and O–H groups in total. The van der Waals surface area contributed by atoms with Crippen molar-refractivity contribution >= 4 is 23.7 Å². The molecule has 0 aromatic heterocycles. The number of carbonyl (C=O) groups excluding carboxylic acids is 3. The zero-order chi connectivity index (χ0) is 21.1. The molecule has 27 heavy (non-hydrogen) atoms. The number of aliphatic carboxylic acids is 1. The molecule has 0 bridgehead atoms. The van der Waals surface area contributed by atoms with Crippen molar-refractivity contribution in [1.82, 2.24) is 16.0 Å². The van der Waals surface area contributed by atoms with Gasteiger partial charge in [0.05, 0.1) is 12.6 Å². The Kier molecular flexibility index (Phi) is 11.2. The second-order valence-corrected chi connectivity index (χ2v) is 6.96. The molecule has 0 aliphatic heterocycles. The van der Waals surface area contributed by atoms with Crippen LogP contribution < -0.4 is 21.7 Å². The molecule has 4 atom stereocenters. The lowest BCUT2D eigenvalue weighted by atomic mass is 9.99. The third kappa shape index (κ3) is 9.34. The van der Waals surface area contributed by atoms with Gasteiger partial charge in [-0.3, -0.25) is 19.2 Å². The Morgan fingerprint density at radius 3 is 1.96 bits per heavy atom. The normalized spacial score (nSPS) is 15.4. The lowest BCUT2D eigenvalue weighted by molar-refractivity contribution is -0.138. The van der Waals surface area contributed by atoms with Crippen molar-refractivity contribution in [2.75, 3.05) is 13.2 Å². The first-order chi connectivity index (χ1) is 12.5. The van der Waals surface area contributed by atoms with E-state index in [0.29, 0.717) is 6.42 Å². The van der Waals surface area contributed by atoms with Gasteiger partial charge in [-0.1, -0.05) is 34.1 Å². The number of nitrogens with two attached hydrogens (primary N) is 1. The molecular formula is C17H32N4O6.